The fraction of sp³-hybridized carbons (Fsp3) is 0.200. The van der Waals surface area contributed by atoms with Crippen molar-refractivity contribution in [1.29, 1.82) is 0 Å². The number of hydrogen-bond acceptors (Lipinski definition) is 1. The quantitative estimate of drug-likeness (QED) is 0.598. The first-order valence-electron chi connectivity index (χ1n) is 7.10. The molecule has 0 radical (unpaired) electrons. The third kappa shape index (κ3) is 4.54. The Morgan fingerprint density at radius 1 is 1.00 bits per heavy atom. The molecule has 1 nitrogen and oxygen atoms in total. The molecule has 21 heavy (non-hydrogen) atoms. The van der Waals surface area contributed by atoms with Gasteiger partial charge in [-0.1, -0.05) is 54.3 Å². The van der Waals surface area contributed by atoms with E-state index in [9.17, 15) is 0 Å². The summed E-state index contributed by atoms with van der Waals surface area (Å²) in [5.74, 6) is 6.55. The van der Waals surface area contributed by atoms with Crippen LogP contribution in [0, 0.1) is 18.8 Å². The number of hydrogen-bond donors (Lipinski definition) is 0. The van der Waals surface area contributed by atoms with Gasteiger partial charge in [0.05, 0.1) is 13.4 Å². The second-order valence-corrected chi connectivity index (χ2v) is 4.87. The minimum absolute atomic E-state index is 0.769. The highest BCUT2D eigenvalue weighted by Gasteiger charge is 1.98. The molecule has 0 heterocycles. The van der Waals surface area contributed by atoms with E-state index in [-0.39, 0.29) is 0 Å². The van der Waals surface area contributed by atoms with Gasteiger partial charge in [-0.25, -0.2) is 0 Å². The molecule has 2 aromatic rings. The van der Waals surface area contributed by atoms with E-state index in [4.69, 9.17) is 4.74 Å². The normalized spacial score (nSPS) is 10.2. The van der Waals surface area contributed by atoms with E-state index in [0.717, 1.165) is 18.4 Å². The number of methoxy groups -OCH3 is 1. The SMILES string of the molecule is COC=CCc1ccccc1CC#Cc1ccccc1C. The number of rotatable bonds is 4. The summed E-state index contributed by atoms with van der Waals surface area (Å²) in [5, 5.41) is 0. The zero-order valence-electron chi connectivity index (χ0n) is 12.6. The Morgan fingerprint density at radius 2 is 1.71 bits per heavy atom. The van der Waals surface area contributed by atoms with Crippen molar-refractivity contribution < 1.29 is 4.74 Å². The Kier molecular flexibility index (Phi) is 5.67. The summed E-state index contributed by atoms with van der Waals surface area (Å²) in [6, 6.07) is 16.6. The first-order valence-corrected chi connectivity index (χ1v) is 7.10. The van der Waals surface area contributed by atoms with Gasteiger partial charge in [-0.05, 0) is 42.2 Å². The molecule has 2 aromatic carbocycles. The van der Waals surface area contributed by atoms with E-state index in [1.54, 1.807) is 13.4 Å². The van der Waals surface area contributed by atoms with Crippen molar-refractivity contribution in [2.24, 2.45) is 0 Å². The van der Waals surface area contributed by atoms with E-state index in [0.29, 0.717) is 0 Å². The van der Waals surface area contributed by atoms with Crippen molar-refractivity contribution in [1.82, 2.24) is 0 Å². The lowest BCUT2D eigenvalue weighted by atomic mass is 10.0. The summed E-state index contributed by atoms with van der Waals surface area (Å²) in [7, 11) is 1.66. The summed E-state index contributed by atoms with van der Waals surface area (Å²) in [6.07, 6.45) is 5.38. The van der Waals surface area contributed by atoms with Gasteiger partial charge in [0.25, 0.3) is 0 Å². The highest BCUT2D eigenvalue weighted by molar-refractivity contribution is 5.42. The van der Waals surface area contributed by atoms with Crippen LogP contribution in [0.3, 0.4) is 0 Å². The van der Waals surface area contributed by atoms with Gasteiger partial charge in [-0.15, -0.1) is 0 Å². The molecule has 0 unspecified atom stereocenters. The summed E-state index contributed by atoms with van der Waals surface area (Å²) >= 11 is 0. The first-order chi connectivity index (χ1) is 10.3. The van der Waals surface area contributed by atoms with Crippen LogP contribution < -0.4 is 0 Å². The lowest BCUT2D eigenvalue weighted by molar-refractivity contribution is 0.337. The minimum Gasteiger partial charge on any atom is -0.505 e. The fourth-order valence-corrected chi connectivity index (χ4v) is 2.15. The summed E-state index contributed by atoms with van der Waals surface area (Å²) in [4.78, 5) is 0. The number of benzene rings is 2. The number of allylic oxidation sites excluding steroid dienone is 1. The Labute approximate surface area is 127 Å². The topological polar surface area (TPSA) is 9.23 Å². The molecule has 0 aromatic heterocycles. The monoisotopic (exact) mass is 276 g/mol. The Balaban J connectivity index is 2.10. The molecule has 0 aliphatic carbocycles. The van der Waals surface area contributed by atoms with Crippen LogP contribution in [0.5, 0.6) is 0 Å². The average Bonchev–Trinajstić information content (AvgIpc) is 2.51. The molecule has 0 atom stereocenters. The molecule has 0 bridgehead atoms. The molecule has 0 aliphatic heterocycles. The van der Waals surface area contributed by atoms with E-state index < -0.39 is 0 Å². The van der Waals surface area contributed by atoms with Gasteiger partial charge in [0.2, 0.25) is 0 Å². The molecule has 0 aliphatic rings. The highest BCUT2D eigenvalue weighted by atomic mass is 16.5. The molecular weight excluding hydrogens is 256 g/mol. The third-order valence-electron chi connectivity index (χ3n) is 3.34. The predicted octanol–water partition coefficient (Wildman–Crippen LogP) is 4.29. The van der Waals surface area contributed by atoms with Crippen LogP contribution >= 0.6 is 0 Å². The van der Waals surface area contributed by atoms with Crippen molar-refractivity contribution in [3.8, 4) is 11.8 Å². The number of ether oxygens (including phenoxy) is 1. The molecule has 0 fully saturated rings. The lowest BCUT2D eigenvalue weighted by Gasteiger charge is -2.03. The van der Waals surface area contributed by atoms with Gasteiger partial charge >= 0.3 is 0 Å². The van der Waals surface area contributed by atoms with E-state index in [1.807, 2.05) is 18.2 Å². The van der Waals surface area contributed by atoms with Crippen LogP contribution in [0.1, 0.15) is 22.3 Å². The largest absolute Gasteiger partial charge is 0.505 e. The van der Waals surface area contributed by atoms with Crippen molar-refractivity contribution in [2.45, 2.75) is 19.8 Å². The van der Waals surface area contributed by atoms with Gasteiger partial charge in [-0.3, -0.25) is 0 Å². The van der Waals surface area contributed by atoms with Crippen LogP contribution in [0.4, 0.5) is 0 Å². The van der Waals surface area contributed by atoms with Crippen molar-refractivity contribution in [3.63, 3.8) is 0 Å². The van der Waals surface area contributed by atoms with E-state index in [1.165, 1.54) is 16.7 Å². The van der Waals surface area contributed by atoms with E-state index in [2.05, 4.69) is 55.2 Å². The Bertz CT molecular complexity index is 671. The number of aryl methyl sites for hydroxylation is 1. The van der Waals surface area contributed by atoms with Gasteiger partial charge in [0.15, 0.2) is 0 Å². The molecule has 0 saturated heterocycles. The molecular formula is C20H20O. The Hall–Kier alpha value is -2.46. The second-order valence-electron chi connectivity index (χ2n) is 4.87. The summed E-state index contributed by atoms with van der Waals surface area (Å²) in [6.45, 7) is 2.09. The van der Waals surface area contributed by atoms with Gasteiger partial charge < -0.3 is 4.74 Å². The van der Waals surface area contributed by atoms with Crippen LogP contribution in [-0.4, -0.2) is 7.11 Å². The third-order valence-corrected chi connectivity index (χ3v) is 3.34. The maximum atomic E-state index is 4.95. The maximum absolute atomic E-state index is 4.95. The van der Waals surface area contributed by atoms with Gasteiger partial charge in [0, 0.05) is 12.0 Å². The minimum atomic E-state index is 0.769. The maximum Gasteiger partial charge on any atom is 0.0788 e. The molecule has 0 spiro atoms. The molecule has 1 heteroatoms. The zero-order valence-corrected chi connectivity index (χ0v) is 12.6. The smallest absolute Gasteiger partial charge is 0.0788 e. The fourth-order valence-electron chi connectivity index (χ4n) is 2.15. The summed E-state index contributed by atoms with van der Waals surface area (Å²) in [5.41, 5.74) is 4.90. The van der Waals surface area contributed by atoms with Crippen molar-refractivity contribution in [3.05, 3.63) is 83.1 Å². The van der Waals surface area contributed by atoms with Crippen molar-refractivity contribution >= 4 is 0 Å². The van der Waals surface area contributed by atoms with Gasteiger partial charge in [-0.2, -0.15) is 0 Å². The molecule has 106 valence electrons. The van der Waals surface area contributed by atoms with Crippen molar-refractivity contribution in [2.75, 3.05) is 7.11 Å². The van der Waals surface area contributed by atoms with Gasteiger partial charge in [0.1, 0.15) is 0 Å². The first kappa shape index (κ1) is 14.9. The van der Waals surface area contributed by atoms with Crippen LogP contribution in [0.25, 0.3) is 0 Å². The molecule has 0 saturated carbocycles. The van der Waals surface area contributed by atoms with Crippen LogP contribution in [0.2, 0.25) is 0 Å². The van der Waals surface area contributed by atoms with E-state index >= 15 is 0 Å². The standard InChI is InChI=1S/C20H20O/c1-17-9-3-4-10-18(17)13-7-14-19-11-5-6-12-20(19)15-8-16-21-2/h3-6,8-12,16H,14-15H2,1-2H3. The van der Waals surface area contributed by atoms with Crippen LogP contribution in [0.15, 0.2) is 60.9 Å². The predicted molar refractivity (Wildman–Crippen MR) is 88.1 cm³/mol. The zero-order chi connectivity index (χ0) is 14.9. The second kappa shape index (κ2) is 7.97. The highest BCUT2D eigenvalue weighted by Crippen LogP contribution is 2.11. The average molecular weight is 276 g/mol. The Morgan fingerprint density at radius 3 is 2.48 bits per heavy atom. The molecule has 2 rings (SSSR count). The molecule has 0 N–H and O–H groups in total. The lowest BCUT2D eigenvalue weighted by Crippen LogP contribution is -1.91. The van der Waals surface area contributed by atoms with Crippen LogP contribution in [-0.2, 0) is 17.6 Å². The molecule has 0 amide bonds. The summed E-state index contributed by atoms with van der Waals surface area (Å²) < 4.78 is 4.95.